The fourth-order valence-corrected chi connectivity index (χ4v) is 3.14. The molecular weight excluding hydrogens is 252 g/mol. The number of rotatable bonds is 6. The van der Waals surface area contributed by atoms with Crippen molar-refractivity contribution < 1.29 is 4.74 Å². The van der Waals surface area contributed by atoms with E-state index < -0.39 is 0 Å². The number of methoxy groups -OCH3 is 1. The zero-order valence-corrected chi connectivity index (χ0v) is 12.2. The second kappa shape index (κ2) is 6.16. The Kier molecular flexibility index (Phi) is 4.29. The standard InChI is InChI=1S/C15H24N4O/c1-20-5-4-15-17-6-11(7-18-15)8-19-9-13(12-2-3-12)14(16)10-19/h6-7,12-14H,2-5,8-10,16H2,1H3/t13-,14+/m0/s1. The molecule has 2 aliphatic rings. The van der Waals surface area contributed by atoms with E-state index in [0.29, 0.717) is 18.6 Å². The number of aromatic nitrogens is 2. The molecule has 0 spiro atoms. The Morgan fingerprint density at radius 3 is 2.70 bits per heavy atom. The van der Waals surface area contributed by atoms with Crippen LogP contribution in [0, 0.1) is 11.8 Å². The van der Waals surface area contributed by atoms with Gasteiger partial charge in [-0.1, -0.05) is 0 Å². The lowest BCUT2D eigenvalue weighted by Crippen LogP contribution is -2.30. The molecule has 1 saturated heterocycles. The Morgan fingerprint density at radius 1 is 1.30 bits per heavy atom. The molecule has 2 N–H and O–H groups in total. The highest BCUT2D eigenvalue weighted by atomic mass is 16.5. The monoisotopic (exact) mass is 276 g/mol. The summed E-state index contributed by atoms with van der Waals surface area (Å²) in [5.74, 6) is 2.45. The second-order valence-electron chi connectivity index (χ2n) is 6.11. The molecule has 0 aromatic carbocycles. The van der Waals surface area contributed by atoms with Crippen molar-refractivity contribution in [3.63, 3.8) is 0 Å². The third-order valence-corrected chi connectivity index (χ3v) is 4.41. The normalized spacial score (nSPS) is 27.1. The number of likely N-dealkylation sites (tertiary alicyclic amines) is 1. The van der Waals surface area contributed by atoms with E-state index in [0.717, 1.165) is 37.8 Å². The molecule has 1 aromatic heterocycles. The van der Waals surface area contributed by atoms with Gasteiger partial charge in [-0.25, -0.2) is 9.97 Å². The maximum atomic E-state index is 6.26. The largest absolute Gasteiger partial charge is 0.384 e. The average Bonchev–Trinajstić information content (AvgIpc) is 3.23. The molecule has 110 valence electrons. The van der Waals surface area contributed by atoms with Crippen LogP contribution in [0.2, 0.25) is 0 Å². The van der Waals surface area contributed by atoms with E-state index in [1.54, 1.807) is 7.11 Å². The summed E-state index contributed by atoms with van der Waals surface area (Å²) < 4.78 is 5.03. The van der Waals surface area contributed by atoms with Gasteiger partial charge in [0.25, 0.3) is 0 Å². The van der Waals surface area contributed by atoms with Crippen LogP contribution in [0.15, 0.2) is 12.4 Å². The Bertz CT molecular complexity index is 432. The number of hydrogen-bond acceptors (Lipinski definition) is 5. The molecule has 5 nitrogen and oxygen atoms in total. The summed E-state index contributed by atoms with van der Waals surface area (Å²) in [6.45, 7) is 3.73. The quantitative estimate of drug-likeness (QED) is 0.834. The molecule has 0 radical (unpaired) electrons. The SMILES string of the molecule is COCCc1ncc(CN2C[C@@H](N)[C@H](C3CC3)C2)cn1. The number of nitrogens with zero attached hydrogens (tertiary/aromatic N) is 3. The van der Waals surface area contributed by atoms with Gasteiger partial charge in [0.1, 0.15) is 5.82 Å². The Morgan fingerprint density at radius 2 is 2.05 bits per heavy atom. The third-order valence-electron chi connectivity index (χ3n) is 4.41. The van der Waals surface area contributed by atoms with Crippen molar-refractivity contribution >= 4 is 0 Å². The molecule has 0 unspecified atom stereocenters. The average molecular weight is 276 g/mol. The Hall–Kier alpha value is -1.04. The van der Waals surface area contributed by atoms with Gasteiger partial charge in [-0.3, -0.25) is 4.90 Å². The van der Waals surface area contributed by atoms with Crippen LogP contribution < -0.4 is 5.73 Å². The summed E-state index contributed by atoms with van der Waals surface area (Å²) >= 11 is 0. The van der Waals surface area contributed by atoms with Crippen molar-refractivity contribution in [2.45, 2.75) is 31.8 Å². The highest BCUT2D eigenvalue weighted by Gasteiger charge is 2.40. The molecule has 1 aromatic rings. The lowest BCUT2D eigenvalue weighted by Gasteiger charge is -2.15. The lowest BCUT2D eigenvalue weighted by molar-refractivity contribution is 0.200. The number of nitrogens with two attached hydrogens (primary N) is 1. The highest BCUT2D eigenvalue weighted by Crippen LogP contribution is 2.41. The van der Waals surface area contributed by atoms with E-state index in [-0.39, 0.29) is 0 Å². The predicted molar refractivity (Wildman–Crippen MR) is 77.1 cm³/mol. The molecular formula is C15H24N4O. The first-order valence-electron chi connectivity index (χ1n) is 7.53. The van der Waals surface area contributed by atoms with Gasteiger partial charge in [0, 0.05) is 57.2 Å². The van der Waals surface area contributed by atoms with E-state index in [2.05, 4.69) is 14.9 Å². The van der Waals surface area contributed by atoms with E-state index in [4.69, 9.17) is 10.5 Å². The zero-order chi connectivity index (χ0) is 13.9. The minimum atomic E-state index is 0.351. The first-order valence-corrected chi connectivity index (χ1v) is 7.53. The van der Waals surface area contributed by atoms with Crippen LogP contribution in [-0.2, 0) is 17.7 Å². The molecule has 20 heavy (non-hydrogen) atoms. The molecule has 1 aliphatic carbocycles. The van der Waals surface area contributed by atoms with Crippen LogP contribution in [0.1, 0.15) is 24.2 Å². The van der Waals surface area contributed by atoms with Gasteiger partial charge < -0.3 is 10.5 Å². The topological polar surface area (TPSA) is 64.3 Å². The van der Waals surface area contributed by atoms with Gasteiger partial charge in [-0.2, -0.15) is 0 Å². The summed E-state index contributed by atoms with van der Waals surface area (Å²) in [5, 5.41) is 0. The molecule has 2 atom stereocenters. The van der Waals surface area contributed by atoms with Gasteiger partial charge in [-0.15, -0.1) is 0 Å². The first kappa shape index (κ1) is 13.9. The molecule has 3 rings (SSSR count). The summed E-state index contributed by atoms with van der Waals surface area (Å²) in [7, 11) is 1.70. The first-order chi connectivity index (χ1) is 9.76. The van der Waals surface area contributed by atoms with E-state index in [9.17, 15) is 0 Å². The van der Waals surface area contributed by atoms with E-state index >= 15 is 0 Å². The second-order valence-corrected chi connectivity index (χ2v) is 6.11. The molecule has 0 amide bonds. The van der Waals surface area contributed by atoms with Gasteiger partial charge in [-0.05, 0) is 24.7 Å². The minimum absolute atomic E-state index is 0.351. The van der Waals surface area contributed by atoms with Gasteiger partial charge in [0.15, 0.2) is 0 Å². The van der Waals surface area contributed by atoms with Crippen LogP contribution >= 0.6 is 0 Å². The van der Waals surface area contributed by atoms with Crippen LogP contribution in [0.25, 0.3) is 0 Å². The molecule has 1 saturated carbocycles. The van der Waals surface area contributed by atoms with Crippen molar-refractivity contribution in [3.8, 4) is 0 Å². The fraction of sp³-hybridized carbons (Fsp3) is 0.733. The summed E-state index contributed by atoms with van der Waals surface area (Å²) in [5.41, 5.74) is 7.43. The predicted octanol–water partition coefficient (Wildman–Crippen LogP) is 0.835. The fourth-order valence-electron chi connectivity index (χ4n) is 3.14. The van der Waals surface area contributed by atoms with Crippen LogP contribution in [0.4, 0.5) is 0 Å². The molecule has 1 aliphatic heterocycles. The molecule has 2 fully saturated rings. The maximum Gasteiger partial charge on any atom is 0.130 e. The summed E-state index contributed by atoms with van der Waals surface area (Å²) in [6, 6.07) is 0.351. The van der Waals surface area contributed by atoms with Crippen molar-refractivity contribution in [2.75, 3.05) is 26.8 Å². The van der Waals surface area contributed by atoms with Gasteiger partial charge in [0.05, 0.1) is 6.61 Å². The van der Waals surface area contributed by atoms with E-state index in [1.165, 1.54) is 18.4 Å². The van der Waals surface area contributed by atoms with Crippen molar-refractivity contribution in [2.24, 2.45) is 17.6 Å². The Labute approximate surface area is 120 Å². The van der Waals surface area contributed by atoms with Crippen LogP contribution in [-0.4, -0.2) is 47.7 Å². The molecule has 5 heteroatoms. The smallest absolute Gasteiger partial charge is 0.130 e. The lowest BCUT2D eigenvalue weighted by atomic mass is 9.99. The maximum absolute atomic E-state index is 6.26. The van der Waals surface area contributed by atoms with Crippen LogP contribution in [0.3, 0.4) is 0 Å². The Balaban J connectivity index is 1.52. The number of hydrogen-bond donors (Lipinski definition) is 1. The van der Waals surface area contributed by atoms with Crippen molar-refractivity contribution in [1.29, 1.82) is 0 Å². The number of ether oxygens (including phenoxy) is 1. The molecule has 0 bridgehead atoms. The van der Waals surface area contributed by atoms with E-state index in [1.807, 2.05) is 12.4 Å². The zero-order valence-electron chi connectivity index (χ0n) is 12.2. The minimum Gasteiger partial charge on any atom is -0.384 e. The van der Waals surface area contributed by atoms with Crippen molar-refractivity contribution in [1.82, 2.24) is 14.9 Å². The summed E-state index contributed by atoms with van der Waals surface area (Å²) in [6.07, 6.45) is 7.41. The van der Waals surface area contributed by atoms with Crippen molar-refractivity contribution in [3.05, 3.63) is 23.8 Å². The van der Waals surface area contributed by atoms with Gasteiger partial charge in [0.2, 0.25) is 0 Å². The molecule has 2 heterocycles. The van der Waals surface area contributed by atoms with Gasteiger partial charge >= 0.3 is 0 Å². The third kappa shape index (κ3) is 3.34. The summed E-state index contributed by atoms with van der Waals surface area (Å²) in [4.78, 5) is 11.2. The van der Waals surface area contributed by atoms with Crippen LogP contribution in [0.5, 0.6) is 0 Å². The highest BCUT2D eigenvalue weighted by molar-refractivity contribution is 5.07.